The summed E-state index contributed by atoms with van der Waals surface area (Å²) in [5.41, 5.74) is 5.41. The van der Waals surface area contributed by atoms with Crippen LogP contribution in [-0.2, 0) is 6.54 Å². The Balaban J connectivity index is 2.06. The SMILES string of the molecule is NCc1ccc(C(=O)N2CCCC(O)C2)o1. The molecule has 1 aromatic rings. The zero-order chi connectivity index (χ0) is 11.5. The molecular weight excluding hydrogens is 208 g/mol. The number of nitrogens with zero attached hydrogens (tertiary/aromatic N) is 1. The molecule has 0 aromatic carbocycles. The third kappa shape index (κ3) is 2.25. The summed E-state index contributed by atoms with van der Waals surface area (Å²) in [5.74, 6) is 0.730. The van der Waals surface area contributed by atoms with Gasteiger partial charge in [-0.1, -0.05) is 0 Å². The molecule has 16 heavy (non-hydrogen) atoms. The number of aliphatic hydroxyl groups is 1. The maximum absolute atomic E-state index is 12.0. The number of carbonyl (C=O) groups is 1. The molecule has 3 N–H and O–H groups in total. The van der Waals surface area contributed by atoms with Crippen LogP contribution in [0.15, 0.2) is 16.5 Å². The van der Waals surface area contributed by atoms with Crippen molar-refractivity contribution in [2.45, 2.75) is 25.5 Å². The summed E-state index contributed by atoms with van der Waals surface area (Å²) >= 11 is 0. The second kappa shape index (κ2) is 4.67. The van der Waals surface area contributed by atoms with Gasteiger partial charge >= 0.3 is 0 Å². The van der Waals surface area contributed by atoms with E-state index >= 15 is 0 Å². The number of β-amino-alcohol motifs (C(OH)–C–C–N with tert-alkyl or cyclic N) is 1. The van der Waals surface area contributed by atoms with Crippen molar-refractivity contribution in [1.82, 2.24) is 4.90 Å². The first-order chi connectivity index (χ1) is 7.70. The molecule has 0 aliphatic carbocycles. The Kier molecular flexibility index (Phi) is 3.26. The molecule has 1 saturated heterocycles. The predicted molar refractivity (Wildman–Crippen MR) is 57.7 cm³/mol. The Morgan fingerprint density at radius 3 is 3.06 bits per heavy atom. The van der Waals surface area contributed by atoms with E-state index in [1.165, 1.54) is 0 Å². The van der Waals surface area contributed by atoms with Gasteiger partial charge in [-0.2, -0.15) is 0 Å². The summed E-state index contributed by atoms with van der Waals surface area (Å²) in [5, 5.41) is 9.48. The minimum atomic E-state index is -0.415. The van der Waals surface area contributed by atoms with Crippen LogP contribution in [0.2, 0.25) is 0 Å². The molecule has 88 valence electrons. The van der Waals surface area contributed by atoms with Crippen LogP contribution in [0.4, 0.5) is 0 Å². The maximum Gasteiger partial charge on any atom is 0.289 e. The van der Waals surface area contributed by atoms with Crippen molar-refractivity contribution in [3.05, 3.63) is 23.7 Å². The first-order valence-electron chi connectivity index (χ1n) is 5.47. The second-order valence-electron chi connectivity index (χ2n) is 4.02. The standard InChI is InChI=1S/C11H16N2O3/c12-6-9-3-4-10(16-9)11(15)13-5-1-2-8(14)7-13/h3-4,8,14H,1-2,5-7,12H2. The van der Waals surface area contributed by atoms with Crippen LogP contribution in [-0.4, -0.2) is 35.1 Å². The van der Waals surface area contributed by atoms with Crippen molar-refractivity contribution in [3.8, 4) is 0 Å². The molecule has 2 heterocycles. The molecule has 1 atom stereocenters. The predicted octanol–water partition coefficient (Wildman–Crippen LogP) is 0.335. The molecule has 5 heteroatoms. The number of hydrogen-bond acceptors (Lipinski definition) is 4. The third-order valence-electron chi connectivity index (χ3n) is 2.76. The summed E-state index contributed by atoms with van der Waals surface area (Å²) < 4.78 is 5.29. The van der Waals surface area contributed by atoms with Gasteiger partial charge in [-0.25, -0.2) is 0 Å². The number of piperidine rings is 1. The highest BCUT2D eigenvalue weighted by Crippen LogP contribution is 2.15. The Bertz CT molecular complexity index is 375. The van der Waals surface area contributed by atoms with Gasteiger partial charge in [0.05, 0.1) is 12.6 Å². The smallest absolute Gasteiger partial charge is 0.289 e. The number of rotatable bonds is 2. The Morgan fingerprint density at radius 2 is 2.44 bits per heavy atom. The number of carbonyl (C=O) groups excluding carboxylic acids is 1. The van der Waals surface area contributed by atoms with Crippen molar-refractivity contribution in [3.63, 3.8) is 0 Å². The van der Waals surface area contributed by atoms with Gasteiger partial charge in [-0.3, -0.25) is 4.79 Å². The lowest BCUT2D eigenvalue weighted by Crippen LogP contribution is -2.42. The number of furan rings is 1. The topological polar surface area (TPSA) is 79.7 Å². The van der Waals surface area contributed by atoms with Crippen LogP contribution >= 0.6 is 0 Å². The van der Waals surface area contributed by atoms with Crippen molar-refractivity contribution >= 4 is 5.91 Å². The fraction of sp³-hybridized carbons (Fsp3) is 0.545. The lowest BCUT2D eigenvalue weighted by atomic mass is 10.1. The summed E-state index contributed by atoms with van der Waals surface area (Å²) in [7, 11) is 0. The van der Waals surface area contributed by atoms with E-state index in [9.17, 15) is 9.90 Å². The van der Waals surface area contributed by atoms with E-state index in [4.69, 9.17) is 10.2 Å². The quantitative estimate of drug-likeness (QED) is 0.759. The highest BCUT2D eigenvalue weighted by molar-refractivity contribution is 5.91. The first-order valence-corrected chi connectivity index (χ1v) is 5.47. The fourth-order valence-corrected chi connectivity index (χ4v) is 1.90. The highest BCUT2D eigenvalue weighted by atomic mass is 16.4. The first kappa shape index (κ1) is 11.2. The summed E-state index contributed by atoms with van der Waals surface area (Å²) in [6.07, 6.45) is 1.18. The van der Waals surface area contributed by atoms with Crippen molar-refractivity contribution in [2.75, 3.05) is 13.1 Å². The van der Waals surface area contributed by atoms with Gasteiger partial charge in [0.1, 0.15) is 5.76 Å². The largest absolute Gasteiger partial charge is 0.455 e. The normalized spacial score (nSPS) is 21.1. The van der Waals surface area contributed by atoms with E-state index in [0.29, 0.717) is 24.6 Å². The van der Waals surface area contributed by atoms with E-state index in [0.717, 1.165) is 12.8 Å². The van der Waals surface area contributed by atoms with Crippen molar-refractivity contribution < 1.29 is 14.3 Å². The van der Waals surface area contributed by atoms with Gasteiger partial charge in [-0.15, -0.1) is 0 Å². The van der Waals surface area contributed by atoms with Gasteiger partial charge in [0, 0.05) is 13.1 Å². The molecule has 1 unspecified atom stereocenters. The molecule has 0 bridgehead atoms. The molecule has 1 fully saturated rings. The number of likely N-dealkylation sites (tertiary alicyclic amines) is 1. The molecule has 1 aliphatic rings. The molecule has 0 spiro atoms. The van der Waals surface area contributed by atoms with Crippen molar-refractivity contribution in [2.24, 2.45) is 5.73 Å². The second-order valence-corrected chi connectivity index (χ2v) is 4.02. The van der Waals surface area contributed by atoms with E-state index in [1.54, 1.807) is 17.0 Å². The summed E-state index contributed by atoms with van der Waals surface area (Å²) in [6, 6.07) is 3.33. The van der Waals surface area contributed by atoms with Gasteiger partial charge < -0.3 is 20.2 Å². The average molecular weight is 224 g/mol. The Morgan fingerprint density at radius 1 is 1.62 bits per heavy atom. The molecule has 5 nitrogen and oxygen atoms in total. The Labute approximate surface area is 93.8 Å². The van der Waals surface area contributed by atoms with Crippen LogP contribution in [0, 0.1) is 0 Å². The van der Waals surface area contributed by atoms with E-state index < -0.39 is 6.10 Å². The Hall–Kier alpha value is -1.33. The lowest BCUT2D eigenvalue weighted by molar-refractivity contribution is 0.0447. The minimum Gasteiger partial charge on any atom is -0.455 e. The highest BCUT2D eigenvalue weighted by Gasteiger charge is 2.24. The number of hydrogen-bond donors (Lipinski definition) is 2. The van der Waals surface area contributed by atoms with E-state index in [-0.39, 0.29) is 12.5 Å². The van der Waals surface area contributed by atoms with Crippen LogP contribution in [0.25, 0.3) is 0 Å². The number of nitrogens with two attached hydrogens (primary N) is 1. The van der Waals surface area contributed by atoms with Gasteiger partial charge in [0.25, 0.3) is 5.91 Å². The monoisotopic (exact) mass is 224 g/mol. The molecule has 0 radical (unpaired) electrons. The molecule has 1 aromatic heterocycles. The zero-order valence-corrected chi connectivity index (χ0v) is 9.06. The summed E-state index contributed by atoms with van der Waals surface area (Å²) in [6.45, 7) is 1.35. The van der Waals surface area contributed by atoms with Gasteiger partial charge in [0.15, 0.2) is 5.76 Å². The molecule has 2 rings (SSSR count). The summed E-state index contributed by atoms with van der Waals surface area (Å²) in [4.78, 5) is 13.6. The van der Waals surface area contributed by atoms with Crippen LogP contribution in [0.1, 0.15) is 29.2 Å². The molecule has 0 saturated carbocycles. The van der Waals surface area contributed by atoms with Crippen LogP contribution < -0.4 is 5.73 Å². The zero-order valence-electron chi connectivity index (χ0n) is 9.06. The number of amides is 1. The maximum atomic E-state index is 12.0. The lowest BCUT2D eigenvalue weighted by Gasteiger charge is -2.29. The van der Waals surface area contributed by atoms with Crippen molar-refractivity contribution in [1.29, 1.82) is 0 Å². The average Bonchev–Trinajstić information content (AvgIpc) is 2.76. The minimum absolute atomic E-state index is 0.168. The third-order valence-corrected chi connectivity index (χ3v) is 2.76. The van der Waals surface area contributed by atoms with Gasteiger partial charge in [0.2, 0.25) is 0 Å². The molecular formula is C11H16N2O3. The molecule has 1 aliphatic heterocycles. The number of aliphatic hydroxyl groups excluding tert-OH is 1. The molecule has 1 amide bonds. The fourth-order valence-electron chi connectivity index (χ4n) is 1.90. The van der Waals surface area contributed by atoms with E-state index in [2.05, 4.69) is 0 Å². The van der Waals surface area contributed by atoms with Crippen LogP contribution in [0.3, 0.4) is 0 Å². The van der Waals surface area contributed by atoms with Crippen LogP contribution in [0.5, 0.6) is 0 Å². The van der Waals surface area contributed by atoms with Gasteiger partial charge in [-0.05, 0) is 25.0 Å². The van der Waals surface area contributed by atoms with E-state index in [1.807, 2.05) is 0 Å².